The summed E-state index contributed by atoms with van der Waals surface area (Å²) < 4.78 is 1.81. The predicted octanol–water partition coefficient (Wildman–Crippen LogP) is 2.16. The first-order valence-corrected chi connectivity index (χ1v) is 5.14. The van der Waals surface area contributed by atoms with Crippen LogP contribution in [0.2, 0.25) is 0 Å². The van der Waals surface area contributed by atoms with E-state index in [0.29, 0.717) is 6.42 Å². The molecule has 1 aromatic heterocycles. The zero-order valence-electron chi connectivity index (χ0n) is 9.62. The van der Waals surface area contributed by atoms with Gasteiger partial charge < -0.3 is 5.32 Å². The fourth-order valence-corrected chi connectivity index (χ4v) is 1.36. The Morgan fingerprint density at radius 1 is 1.60 bits per heavy atom. The highest BCUT2D eigenvalue weighted by Gasteiger charge is 2.17. The highest BCUT2D eigenvalue weighted by atomic mass is 15.3. The summed E-state index contributed by atoms with van der Waals surface area (Å²) in [5.74, 6) is 1.01. The van der Waals surface area contributed by atoms with Crippen LogP contribution in [0.15, 0.2) is 12.3 Å². The van der Waals surface area contributed by atoms with E-state index in [2.05, 4.69) is 30.3 Å². The Morgan fingerprint density at radius 2 is 2.33 bits per heavy atom. The van der Waals surface area contributed by atoms with Crippen molar-refractivity contribution in [1.82, 2.24) is 9.78 Å². The topological polar surface area (TPSA) is 53.6 Å². The number of aromatic nitrogens is 2. The van der Waals surface area contributed by atoms with Crippen LogP contribution in [0.4, 0.5) is 5.82 Å². The first-order chi connectivity index (χ1) is 7.05. The van der Waals surface area contributed by atoms with E-state index in [9.17, 15) is 0 Å². The van der Waals surface area contributed by atoms with Crippen LogP contribution < -0.4 is 5.32 Å². The van der Waals surface area contributed by atoms with E-state index in [0.717, 1.165) is 18.8 Å². The van der Waals surface area contributed by atoms with Gasteiger partial charge in [0.15, 0.2) is 0 Å². The maximum Gasteiger partial charge on any atom is 0.123 e. The average Bonchev–Trinajstić information content (AvgIpc) is 2.58. The smallest absolute Gasteiger partial charge is 0.123 e. The van der Waals surface area contributed by atoms with Crippen molar-refractivity contribution in [1.29, 1.82) is 5.26 Å². The molecule has 1 N–H and O–H groups in total. The number of rotatable bonds is 5. The molecule has 0 radical (unpaired) electrons. The third kappa shape index (κ3) is 3.62. The second-order valence-corrected chi connectivity index (χ2v) is 4.52. The molecule has 82 valence electrons. The summed E-state index contributed by atoms with van der Waals surface area (Å²) in [7, 11) is 1.91. The van der Waals surface area contributed by atoms with Gasteiger partial charge in [-0.3, -0.25) is 4.68 Å². The number of aryl methyl sites for hydroxylation is 1. The van der Waals surface area contributed by atoms with Crippen molar-refractivity contribution in [2.45, 2.75) is 26.7 Å². The highest BCUT2D eigenvalue weighted by Crippen LogP contribution is 2.22. The van der Waals surface area contributed by atoms with Crippen molar-refractivity contribution < 1.29 is 0 Å². The molecule has 0 aromatic carbocycles. The Morgan fingerprint density at radius 3 is 2.87 bits per heavy atom. The van der Waals surface area contributed by atoms with Crippen molar-refractivity contribution >= 4 is 5.82 Å². The summed E-state index contributed by atoms with van der Waals surface area (Å²) in [4.78, 5) is 0. The minimum absolute atomic E-state index is 0.139. The molecule has 0 saturated heterocycles. The van der Waals surface area contributed by atoms with Gasteiger partial charge in [0.05, 0.1) is 12.3 Å². The lowest BCUT2D eigenvalue weighted by molar-refractivity contribution is 0.363. The summed E-state index contributed by atoms with van der Waals surface area (Å²) in [6, 6.07) is 4.13. The van der Waals surface area contributed by atoms with Crippen LogP contribution in [0.3, 0.4) is 0 Å². The van der Waals surface area contributed by atoms with Gasteiger partial charge in [0.25, 0.3) is 0 Å². The maximum absolute atomic E-state index is 8.54. The normalized spacial score (nSPS) is 11.1. The fraction of sp³-hybridized carbons (Fsp3) is 0.636. The predicted molar refractivity (Wildman–Crippen MR) is 60.3 cm³/mol. The van der Waals surface area contributed by atoms with E-state index in [4.69, 9.17) is 5.26 Å². The summed E-state index contributed by atoms with van der Waals surface area (Å²) in [6.07, 6.45) is 3.29. The molecule has 0 fully saturated rings. The van der Waals surface area contributed by atoms with Gasteiger partial charge in [0, 0.05) is 26.1 Å². The molecule has 4 nitrogen and oxygen atoms in total. The van der Waals surface area contributed by atoms with Crippen molar-refractivity contribution in [2.24, 2.45) is 12.5 Å². The van der Waals surface area contributed by atoms with Crippen LogP contribution in [0, 0.1) is 16.7 Å². The van der Waals surface area contributed by atoms with Crippen LogP contribution in [-0.2, 0) is 7.05 Å². The second kappa shape index (κ2) is 4.83. The first-order valence-electron chi connectivity index (χ1n) is 5.14. The zero-order valence-corrected chi connectivity index (χ0v) is 9.62. The minimum Gasteiger partial charge on any atom is -0.370 e. The van der Waals surface area contributed by atoms with Crippen LogP contribution in [-0.4, -0.2) is 16.3 Å². The molecule has 0 saturated carbocycles. The van der Waals surface area contributed by atoms with Gasteiger partial charge in [0.2, 0.25) is 0 Å². The minimum atomic E-state index is 0.139. The molecule has 0 spiro atoms. The zero-order chi connectivity index (χ0) is 11.3. The van der Waals surface area contributed by atoms with Gasteiger partial charge in [-0.25, -0.2) is 0 Å². The van der Waals surface area contributed by atoms with Crippen molar-refractivity contribution in [3.63, 3.8) is 0 Å². The van der Waals surface area contributed by atoms with Crippen LogP contribution >= 0.6 is 0 Å². The van der Waals surface area contributed by atoms with E-state index in [1.807, 2.05) is 13.1 Å². The standard InChI is InChI=1S/C11H18N4/c1-11(2,6-4-7-12)9-13-10-5-8-14-15(10)3/h5,8,13H,4,6,9H2,1-3H3. The van der Waals surface area contributed by atoms with E-state index in [-0.39, 0.29) is 5.41 Å². The third-order valence-electron chi connectivity index (χ3n) is 2.48. The number of nitrogens with one attached hydrogen (secondary N) is 1. The summed E-state index contributed by atoms with van der Waals surface area (Å²) in [6.45, 7) is 5.18. The molecule has 0 aliphatic carbocycles. The highest BCUT2D eigenvalue weighted by molar-refractivity contribution is 5.33. The molecule has 0 aliphatic heterocycles. The number of nitrogens with zero attached hydrogens (tertiary/aromatic N) is 3. The lowest BCUT2D eigenvalue weighted by Gasteiger charge is -2.24. The fourth-order valence-electron chi connectivity index (χ4n) is 1.36. The molecule has 0 aliphatic rings. The van der Waals surface area contributed by atoms with Gasteiger partial charge in [-0.1, -0.05) is 13.8 Å². The van der Waals surface area contributed by atoms with Crippen LogP contribution in [0.25, 0.3) is 0 Å². The van der Waals surface area contributed by atoms with Gasteiger partial charge >= 0.3 is 0 Å². The molecule has 0 unspecified atom stereocenters. The monoisotopic (exact) mass is 206 g/mol. The molecule has 0 bridgehead atoms. The Bertz CT molecular complexity index is 346. The Kier molecular flexibility index (Phi) is 3.73. The van der Waals surface area contributed by atoms with E-state index >= 15 is 0 Å². The molecule has 15 heavy (non-hydrogen) atoms. The molecule has 1 aromatic rings. The number of nitriles is 1. The molecule has 1 rings (SSSR count). The van der Waals surface area contributed by atoms with E-state index in [1.54, 1.807) is 10.9 Å². The SMILES string of the molecule is Cn1nccc1NCC(C)(C)CCC#N. The van der Waals surface area contributed by atoms with Crippen LogP contribution in [0.1, 0.15) is 26.7 Å². The molecular formula is C11H18N4. The number of anilines is 1. The third-order valence-corrected chi connectivity index (χ3v) is 2.48. The summed E-state index contributed by atoms with van der Waals surface area (Å²) in [5.41, 5.74) is 0.139. The molecule has 4 heteroatoms. The Hall–Kier alpha value is -1.50. The van der Waals surface area contributed by atoms with E-state index < -0.39 is 0 Å². The lowest BCUT2D eigenvalue weighted by Crippen LogP contribution is -2.23. The molecule has 0 amide bonds. The van der Waals surface area contributed by atoms with Gasteiger partial charge in [-0.2, -0.15) is 10.4 Å². The number of hydrogen-bond acceptors (Lipinski definition) is 3. The quantitative estimate of drug-likeness (QED) is 0.803. The maximum atomic E-state index is 8.54. The lowest BCUT2D eigenvalue weighted by atomic mass is 9.88. The van der Waals surface area contributed by atoms with E-state index in [1.165, 1.54) is 0 Å². The van der Waals surface area contributed by atoms with Gasteiger partial charge in [-0.15, -0.1) is 0 Å². The van der Waals surface area contributed by atoms with Gasteiger partial charge in [0.1, 0.15) is 5.82 Å². The first kappa shape index (κ1) is 11.6. The molecular weight excluding hydrogens is 188 g/mol. The Balaban J connectivity index is 2.43. The van der Waals surface area contributed by atoms with Crippen LogP contribution in [0.5, 0.6) is 0 Å². The molecule has 1 heterocycles. The van der Waals surface area contributed by atoms with Gasteiger partial charge in [-0.05, 0) is 11.8 Å². The largest absolute Gasteiger partial charge is 0.370 e. The summed E-state index contributed by atoms with van der Waals surface area (Å²) >= 11 is 0. The molecule has 0 atom stereocenters. The van der Waals surface area contributed by atoms with Crippen molar-refractivity contribution in [3.05, 3.63) is 12.3 Å². The Labute approximate surface area is 90.9 Å². The second-order valence-electron chi connectivity index (χ2n) is 4.52. The average molecular weight is 206 g/mol. The summed E-state index contributed by atoms with van der Waals surface area (Å²) in [5, 5.41) is 16.0. The number of hydrogen-bond donors (Lipinski definition) is 1. The van der Waals surface area contributed by atoms with Crippen molar-refractivity contribution in [3.8, 4) is 6.07 Å². The van der Waals surface area contributed by atoms with Crippen molar-refractivity contribution in [2.75, 3.05) is 11.9 Å².